The van der Waals surface area contributed by atoms with Crippen molar-refractivity contribution in [1.82, 2.24) is 5.32 Å². The minimum atomic E-state index is -1.09. The first-order valence-electron chi connectivity index (χ1n) is 6.84. The molecular weight excluding hydrogens is 264 g/mol. The molecule has 114 valence electrons. The predicted molar refractivity (Wildman–Crippen MR) is 70.0 cm³/mol. The number of carbonyl (C=O) groups is 2. The molecule has 2 saturated heterocycles. The normalized spacial score (nSPS) is 32.8. The molecule has 7 nitrogen and oxygen atoms in total. The third-order valence-corrected chi connectivity index (χ3v) is 4.57. The second-order valence-electron chi connectivity index (χ2n) is 5.86. The lowest BCUT2D eigenvalue weighted by Gasteiger charge is -2.36. The first kappa shape index (κ1) is 15.2. The van der Waals surface area contributed by atoms with Gasteiger partial charge < -0.3 is 25.6 Å². The zero-order chi connectivity index (χ0) is 14.8. The molecule has 2 heterocycles. The van der Waals surface area contributed by atoms with Crippen LogP contribution in [0.5, 0.6) is 0 Å². The van der Waals surface area contributed by atoms with Crippen molar-refractivity contribution in [3.8, 4) is 0 Å². The average Bonchev–Trinajstić information content (AvgIpc) is 2.82. The van der Waals surface area contributed by atoms with Gasteiger partial charge in [-0.1, -0.05) is 0 Å². The summed E-state index contributed by atoms with van der Waals surface area (Å²) in [6.45, 7) is 3.15. The predicted octanol–water partition coefficient (Wildman–Crippen LogP) is -0.652. The number of carbonyl (C=O) groups excluding carboxylic acids is 1. The van der Waals surface area contributed by atoms with Crippen LogP contribution in [0.1, 0.15) is 19.8 Å². The summed E-state index contributed by atoms with van der Waals surface area (Å²) in [6.07, 6.45) is 1.12. The minimum Gasteiger partial charge on any atom is -0.481 e. The smallest absolute Gasteiger partial charge is 0.313 e. The van der Waals surface area contributed by atoms with E-state index < -0.39 is 22.8 Å². The van der Waals surface area contributed by atoms with Crippen molar-refractivity contribution in [2.75, 3.05) is 33.0 Å². The lowest BCUT2D eigenvalue weighted by atomic mass is 9.78. The molecule has 0 spiro atoms. The van der Waals surface area contributed by atoms with Gasteiger partial charge in [0.05, 0.1) is 24.7 Å². The highest BCUT2D eigenvalue weighted by molar-refractivity contribution is 5.85. The Morgan fingerprint density at radius 3 is 2.55 bits per heavy atom. The van der Waals surface area contributed by atoms with Crippen molar-refractivity contribution in [2.24, 2.45) is 16.6 Å². The second-order valence-corrected chi connectivity index (χ2v) is 5.86. The van der Waals surface area contributed by atoms with Gasteiger partial charge in [0.1, 0.15) is 5.41 Å². The largest absolute Gasteiger partial charge is 0.481 e. The van der Waals surface area contributed by atoms with Crippen molar-refractivity contribution < 1.29 is 24.2 Å². The van der Waals surface area contributed by atoms with Crippen LogP contribution >= 0.6 is 0 Å². The van der Waals surface area contributed by atoms with Crippen molar-refractivity contribution >= 4 is 11.9 Å². The Hall–Kier alpha value is -1.18. The van der Waals surface area contributed by atoms with E-state index in [0.717, 1.165) is 0 Å². The van der Waals surface area contributed by atoms with Crippen molar-refractivity contribution in [2.45, 2.75) is 25.8 Å². The Morgan fingerprint density at radius 1 is 1.35 bits per heavy atom. The highest BCUT2D eigenvalue weighted by atomic mass is 16.5. The number of nitrogens with two attached hydrogens (primary N) is 1. The van der Waals surface area contributed by atoms with Crippen LogP contribution in [-0.4, -0.2) is 56.0 Å². The highest BCUT2D eigenvalue weighted by Crippen LogP contribution is 2.33. The molecule has 0 aromatic heterocycles. The van der Waals surface area contributed by atoms with E-state index in [1.54, 1.807) is 6.92 Å². The Kier molecular flexibility index (Phi) is 4.31. The van der Waals surface area contributed by atoms with E-state index in [2.05, 4.69) is 5.32 Å². The number of ether oxygens (including phenoxy) is 2. The van der Waals surface area contributed by atoms with Gasteiger partial charge in [-0.25, -0.2) is 0 Å². The molecule has 0 aromatic carbocycles. The van der Waals surface area contributed by atoms with Gasteiger partial charge in [-0.15, -0.1) is 0 Å². The van der Waals surface area contributed by atoms with Crippen LogP contribution in [-0.2, 0) is 19.1 Å². The van der Waals surface area contributed by atoms with Crippen LogP contribution in [0.2, 0.25) is 0 Å². The summed E-state index contributed by atoms with van der Waals surface area (Å²) < 4.78 is 10.5. The summed E-state index contributed by atoms with van der Waals surface area (Å²) in [5.41, 5.74) is 4.04. The van der Waals surface area contributed by atoms with E-state index in [-0.39, 0.29) is 25.7 Å². The van der Waals surface area contributed by atoms with E-state index in [1.807, 2.05) is 0 Å². The number of rotatable bonds is 4. The number of aliphatic carboxylic acids is 1. The van der Waals surface area contributed by atoms with Crippen molar-refractivity contribution in [3.05, 3.63) is 0 Å². The van der Waals surface area contributed by atoms with E-state index in [9.17, 15) is 14.7 Å². The Morgan fingerprint density at radius 2 is 2.00 bits per heavy atom. The molecular formula is C13H22N2O5. The maximum atomic E-state index is 12.5. The fraction of sp³-hybridized carbons (Fsp3) is 0.846. The maximum Gasteiger partial charge on any atom is 0.313 e. The standard InChI is InChI=1S/C13H22N2O5/c1-12(11(17)18)8-20-6-9(12)15-10(16)13(7-14)2-4-19-5-3-13/h9H,2-8,14H2,1H3,(H,15,16)(H,17,18). The molecule has 2 unspecified atom stereocenters. The molecule has 1 amide bonds. The van der Waals surface area contributed by atoms with E-state index >= 15 is 0 Å². The van der Waals surface area contributed by atoms with Gasteiger partial charge in [-0.2, -0.15) is 0 Å². The second kappa shape index (κ2) is 5.67. The molecule has 0 aliphatic carbocycles. The summed E-state index contributed by atoms with van der Waals surface area (Å²) in [5, 5.41) is 12.1. The summed E-state index contributed by atoms with van der Waals surface area (Å²) >= 11 is 0. The third kappa shape index (κ3) is 2.53. The van der Waals surface area contributed by atoms with Crippen LogP contribution in [0.3, 0.4) is 0 Å². The molecule has 2 atom stereocenters. The molecule has 2 fully saturated rings. The van der Waals surface area contributed by atoms with Crippen LogP contribution in [0.4, 0.5) is 0 Å². The summed E-state index contributed by atoms with van der Waals surface area (Å²) in [6, 6.07) is -0.529. The van der Waals surface area contributed by atoms with Gasteiger partial charge in [0, 0.05) is 19.8 Å². The Bertz CT molecular complexity index is 394. The molecule has 20 heavy (non-hydrogen) atoms. The number of carboxylic acids is 1. The third-order valence-electron chi connectivity index (χ3n) is 4.57. The first-order valence-corrected chi connectivity index (χ1v) is 6.84. The fourth-order valence-electron chi connectivity index (χ4n) is 2.68. The number of nitrogens with one attached hydrogen (secondary N) is 1. The van der Waals surface area contributed by atoms with Crippen LogP contribution < -0.4 is 11.1 Å². The zero-order valence-corrected chi connectivity index (χ0v) is 11.7. The lowest BCUT2D eigenvalue weighted by Crippen LogP contribution is -2.56. The van der Waals surface area contributed by atoms with Gasteiger partial charge in [-0.05, 0) is 19.8 Å². The van der Waals surface area contributed by atoms with E-state index in [4.69, 9.17) is 15.2 Å². The SMILES string of the molecule is CC1(C(=O)O)COCC1NC(=O)C1(CN)CCOCC1. The molecule has 0 saturated carbocycles. The number of hydrogen-bond acceptors (Lipinski definition) is 5. The zero-order valence-electron chi connectivity index (χ0n) is 11.7. The van der Waals surface area contributed by atoms with Crippen molar-refractivity contribution in [3.63, 3.8) is 0 Å². The van der Waals surface area contributed by atoms with Crippen LogP contribution in [0.15, 0.2) is 0 Å². The number of hydrogen-bond donors (Lipinski definition) is 3. The Labute approximate surface area is 117 Å². The van der Waals surface area contributed by atoms with Gasteiger partial charge >= 0.3 is 5.97 Å². The molecule has 2 rings (SSSR count). The highest BCUT2D eigenvalue weighted by Gasteiger charge is 2.49. The number of carboxylic acid groups (broad SMARTS) is 1. The number of amides is 1. The topological polar surface area (TPSA) is 111 Å². The Balaban J connectivity index is 2.08. The van der Waals surface area contributed by atoms with Gasteiger partial charge in [0.15, 0.2) is 0 Å². The van der Waals surface area contributed by atoms with E-state index in [0.29, 0.717) is 26.1 Å². The molecule has 7 heteroatoms. The maximum absolute atomic E-state index is 12.5. The molecule has 0 aromatic rings. The fourth-order valence-corrected chi connectivity index (χ4v) is 2.68. The van der Waals surface area contributed by atoms with Gasteiger partial charge in [0.2, 0.25) is 5.91 Å². The van der Waals surface area contributed by atoms with E-state index in [1.165, 1.54) is 0 Å². The van der Waals surface area contributed by atoms with Gasteiger partial charge in [0.25, 0.3) is 0 Å². The minimum absolute atomic E-state index is 0.103. The molecule has 4 N–H and O–H groups in total. The lowest BCUT2D eigenvalue weighted by molar-refractivity contribution is -0.149. The quantitative estimate of drug-likeness (QED) is 0.633. The molecule has 2 aliphatic heterocycles. The molecule has 0 bridgehead atoms. The monoisotopic (exact) mass is 286 g/mol. The van der Waals surface area contributed by atoms with Gasteiger partial charge in [-0.3, -0.25) is 9.59 Å². The first-order chi connectivity index (χ1) is 9.44. The summed E-state index contributed by atoms with van der Waals surface area (Å²) in [7, 11) is 0. The van der Waals surface area contributed by atoms with Crippen LogP contribution in [0, 0.1) is 10.8 Å². The van der Waals surface area contributed by atoms with Crippen molar-refractivity contribution in [1.29, 1.82) is 0 Å². The average molecular weight is 286 g/mol. The van der Waals surface area contributed by atoms with Crippen LogP contribution in [0.25, 0.3) is 0 Å². The summed E-state index contributed by atoms with van der Waals surface area (Å²) in [5.74, 6) is -1.15. The molecule has 2 aliphatic rings. The summed E-state index contributed by atoms with van der Waals surface area (Å²) in [4.78, 5) is 23.9. The molecule has 0 radical (unpaired) electrons.